The molecule has 0 aliphatic carbocycles. The minimum atomic E-state index is 0.330. The predicted octanol–water partition coefficient (Wildman–Crippen LogP) is 4.04. The van der Waals surface area contributed by atoms with Gasteiger partial charge in [0.1, 0.15) is 12.4 Å². The molecule has 2 nitrogen and oxygen atoms in total. The predicted molar refractivity (Wildman–Crippen MR) is 84.3 cm³/mol. The Balaban J connectivity index is 2.01. The fourth-order valence-corrected chi connectivity index (χ4v) is 1.93. The summed E-state index contributed by atoms with van der Waals surface area (Å²) in [4.78, 5) is 0. The van der Waals surface area contributed by atoms with Gasteiger partial charge in [0.15, 0.2) is 0 Å². The molecule has 0 heterocycles. The summed E-state index contributed by atoms with van der Waals surface area (Å²) >= 11 is 5.52. The van der Waals surface area contributed by atoms with Gasteiger partial charge in [0.05, 0.1) is 17.5 Å². The summed E-state index contributed by atoms with van der Waals surface area (Å²) < 4.78 is 5.75. The van der Waals surface area contributed by atoms with Crippen molar-refractivity contribution in [3.63, 3.8) is 0 Å². The van der Waals surface area contributed by atoms with E-state index in [9.17, 15) is 0 Å². The van der Waals surface area contributed by atoms with E-state index in [1.807, 2.05) is 43.3 Å². The van der Waals surface area contributed by atoms with Crippen molar-refractivity contribution in [1.29, 1.82) is 5.26 Å². The van der Waals surface area contributed by atoms with E-state index in [1.54, 1.807) is 6.07 Å². The number of nitrogens with zero attached hydrogens (tertiary/aromatic N) is 1. The van der Waals surface area contributed by atoms with Crippen LogP contribution >= 0.6 is 11.6 Å². The molecule has 104 valence electrons. The zero-order valence-electron chi connectivity index (χ0n) is 11.7. The lowest BCUT2D eigenvalue weighted by molar-refractivity contribution is 0.305. The van der Waals surface area contributed by atoms with Crippen LogP contribution in [-0.4, -0.2) is 5.88 Å². The molecule has 0 aromatic heterocycles. The smallest absolute Gasteiger partial charge is 0.119 e. The quantitative estimate of drug-likeness (QED) is 0.632. The van der Waals surface area contributed by atoms with Gasteiger partial charge in [-0.1, -0.05) is 17.9 Å². The van der Waals surface area contributed by atoms with Crippen molar-refractivity contribution in [3.05, 3.63) is 64.7 Å². The highest BCUT2D eigenvalue weighted by Crippen LogP contribution is 2.16. The molecule has 0 atom stereocenters. The third-order valence-corrected chi connectivity index (χ3v) is 3.15. The van der Waals surface area contributed by atoms with E-state index in [-0.39, 0.29) is 0 Å². The van der Waals surface area contributed by atoms with Gasteiger partial charge >= 0.3 is 0 Å². The summed E-state index contributed by atoms with van der Waals surface area (Å²) in [5, 5.41) is 8.85. The van der Waals surface area contributed by atoms with Crippen LogP contribution in [0.25, 0.3) is 0 Å². The minimum Gasteiger partial charge on any atom is -0.489 e. The van der Waals surface area contributed by atoms with Gasteiger partial charge in [-0.15, -0.1) is 11.6 Å². The van der Waals surface area contributed by atoms with E-state index >= 15 is 0 Å². The molecule has 0 bridgehead atoms. The number of hydrogen-bond acceptors (Lipinski definition) is 2. The van der Waals surface area contributed by atoms with E-state index in [2.05, 4.69) is 17.9 Å². The maximum Gasteiger partial charge on any atom is 0.119 e. The summed E-state index contributed by atoms with van der Waals surface area (Å²) in [6, 6.07) is 15.3. The van der Waals surface area contributed by atoms with Crippen LogP contribution in [-0.2, 0) is 6.61 Å². The molecule has 2 aromatic carbocycles. The Morgan fingerprint density at radius 1 is 1.10 bits per heavy atom. The molecule has 0 radical (unpaired) electrons. The van der Waals surface area contributed by atoms with E-state index in [0.717, 1.165) is 22.4 Å². The number of aryl methyl sites for hydroxylation is 1. The Morgan fingerprint density at radius 2 is 1.81 bits per heavy atom. The first-order valence-corrected chi connectivity index (χ1v) is 7.03. The largest absolute Gasteiger partial charge is 0.489 e. The average Bonchev–Trinajstić information content (AvgIpc) is 2.52. The molecule has 2 rings (SSSR count). The van der Waals surface area contributed by atoms with Gasteiger partial charge in [0, 0.05) is 5.56 Å². The van der Waals surface area contributed by atoms with E-state index in [4.69, 9.17) is 21.6 Å². The number of alkyl halides is 1. The Labute approximate surface area is 129 Å². The number of halogens is 1. The Morgan fingerprint density at radius 3 is 2.43 bits per heavy atom. The monoisotopic (exact) mass is 295 g/mol. The molecule has 2 aromatic rings. The lowest BCUT2D eigenvalue weighted by Gasteiger charge is -2.09. The topological polar surface area (TPSA) is 33.0 Å². The second-order valence-electron chi connectivity index (χ2n) is 4.50. The highest BCUT2D eigenvalue weighted by Gasteiger charge is 2.01. The van der Waals surface area contributed by atoms with Gasteiger partial charge < -0.3 is 4.74 Å². The van der Waals surface area contributed by atoms with Crippen molar-refractivity contribution >= 4 is 11.6 Å². The zero-order valence-corrected chi connectivity index (χ0v) is 12.4. The lowest BCUT2D eigenvalue weighted by atomic mass is 10.1. The van der Waals surface area contributed by atoms with E-state index in [0.29, 0.717) is 18.1 Å². The Hall–Kier alpha value is -2.42. The van der Waals surface area contributed by atoms with Crippen molar-refractivity contribution in [2.75, 3.05) is 5.88 Å². The second kappa shape index (κ2) is 7.39. The van der Waals surface area contributed by atoms with Crippen molar-refractivity contribution in [2.24, 2.45) is 0 Å². The highest BCUT2D eigenvalue weighted by atomic mass is 35.5. The first-order chi connectivity index (χ1) is 10.2. The number of benzene rings is 2. The third kappa shape index (κ3) is 4.28. The summed E-state index contributed by atoms with van der Waals surface area (Å²) in [5.74, 6) is 6.87. The van der Waals surface area contributed by atoms with Crippen molar-refractivity contribution in [1.82, 2.24) is 0 Å². The fourth-order valence-electron chi connectivity index (χ4n) is 1.86. The molecule has 0 saturated heterocycles. The molecule has 0 N–H and O–H groups in total. The Bertz CT molecular complexity index is 718. The SMILES string of the molecule is Cc1cc(C#N)ccc1COc1ccc(C#CCCl)cc1. The fraction of sp³-hybridized carbons (Fsp3) is 0.167. The molecule has 0 unspecified atom stereocenters. The van der Waals surface area contributed by atoms with Crippen LogP contribution < -0.4 is 4.74 Å². The molecular formula is C18H14ClNO. The first-order valence-electron chi connectivity index (χ1n) is 6.50. The highest BCUT2D eigenvalue weighted by molar-refractivity contribution is 6.19. The van der Waals surface area contributed by atoms with E-state index < -0.39 is 0 Å². The molecule has 0 amide bonds. The van der Waals surface area contributed by atoms with Crippen LogP contribution in [0.15, 0.2) is 42.5 Å². The molecule has 0 spiro atoms. The van der Waals surface area contributed by atoms with Gasteiger partial charge in [-0.2, -0.15) is 5.26 Å². The summed E-state index contributed by atoms with van der Waals surface area (Å²) in [5.41, 5.74) is 3.70. The van der Waals surface area contributed by atoms with Crippen molar-refractivity contribution in [3.8, 4) is 23.7 Å². The average molecular weight is 296 g/mol. The molecule has 21 heavy (non-hydrogen) atoms. The maximum atomic E-state index is 8.85. The molecule has 3 heteroatoms. The molecular weight excluding hydrogens is 282 g/mol. The van der Waals surface area contributed by atoms with Gasteiger partial charge in [0.2, 0.25) is 0 Å². The van der Waals surface area contributed by atoms with Crippen molar-refractivity contribution < 1.29 is 4.74 Å². The number of ether oxygens (including phenoxy) is 1. The molecule has 0 fully saturated rings. The lowest BCUT2D eigenvalue weighted by Crippen LogP contribution is -1.98. The van der Waals surface area contributed by atoms with Crippen LogP contribution in [0.4, 0.5) is 0 Å². The van der Waals surface area contributed by atoms with E-state index in [1.165, 1.54) is 0 Å². The van der Waals surface area contributed by atoms with Gasteiger partial charge in [-0.05, 0) is 54.4 Å². The second-order valence-corrected chi connectivity index (χ2v) is 4.77. The first kappa shape index (κ1) is 15.0. The van der Waals surface area contributed by atoms with Crippen molar-refractivity contribution in [2.45, 2.75) is 13.5 Å². The van der Waals surface area contributed by atoms with Crippen LogP contribution in [0.5, 0.6) is 5.75 Å². The third-order valence-electron chi connectivity index (χ3n) is 3.02. The van der Waals surface area contributed by atoms with Crippen LogP contribution in [0.3, 0.4) is 0 Å². The summed E-state index contributed by atoms with van der Waals surface area (Å²) in [6.07, 6.45) is 0. The van der Waals surface area contributed by atoms with Gasteiger partial charge in [-0.3, -0.25) is 0 Å². The standard InChI is InChI=1S/C18H14ClNO/c1-14-11-16(12-20)4-7-17(14)13-21-18-8-5-15(6-9-18)3-2-10-19/h4-9,11H,10,13H2,1H3. The van der Waals surface area contributed by atoms with Crippen LogP contribution in [0, 0.1) is 30.1 Å². The number of nitriles is 1. The summed E-state index contributed by atoms with van der Waals surface area (Å²) in [6.45, 7) is 2.45. The molecule has 0 aliphatic rings. The Kier molecular flexibility index (Phi) is 5.27. The normalized spacial score (nSPS) is 9.38. The summed E-state index contributed by atoms with van der Waals surface area (Å²) in [7, 11) is 0. The number of rotatable bonds is 3. The maximum absolute atomic E-state index is 8.85. The van der Waals surface area contributed by atoms with Gasteiger partial charge in [-0.25, -0.2) is 0 Å². The molecule has 0 saturated carbocycles. The zero-order chi connectivity index (χ0) is 15.1. The van der Waals surface area contributed by atoms with Crippen LogP contribution in [0.2, 0.25) is 0 Å². The minimum absolute atomic E-state index is 0.330. The van der Waals surface area contributed by atoms with Gasteiger partial charge in [0.25, 0.3) is 0 Å². The molecule has 0 aliphatic heterocycles. The number of hydrogen-bond donors (Lipinski definition) is 0. The van der Waals surface area contributed by atoms with Crippen LogP contribution in [0.1, 0.15) is 22.3 Å².